The molecule has 0 fully saturated rings. The number of carbonyl (C=O) groups is 4. The van der Waals surface area contributed by atoms with Gasteiger partial charge in [-0.25, -0.2) is 9.13 Å². The molecular formula is C75H128O17P2. The lowest BCUT2D eigenvalue weighted by molar-refractivity contribution is -0.161. The number of phosphoric ester groups is 2. The summed E-state index contributed by atoms with van der Waals surface area (Å²) in [5.74, 6) is -2.36. The van der Waals surface area contributed by atoms with Gasteiger partial charge in [-0.2, -0.15) is 0 Å². The molecule has 5 atom stereocenters. The van der Waals surface area contributed by atoms with Crippen LogP contribution in [0.15, 0.2) is 109 Å². The van der Waals surface area contributed by atoms with Crippen LogP contribution in [0.2, 0.25) is 0 Å². The van der Waals surface area contributed by atoms with E-state index in [0.717, 1.165) is 154 Å². The first-order valence-electron chi connectivity index (χ1n) is 36.1. The third-order valence-corrected chi connectivity index (χ3v) is 16.6. The highest BCUT2D eigenvalue weighted by Gasteiger charge is 2.30. The molecular weight excluding hydrogens is 1230 g/mol. The van der Waals surface area contributed by atoms with Gasteiger partial charge < -0.3 is 33.8 Å². The van der Waals surface area contributed by atoms with Crippen molar-refractivity contribution in [2.45, 2.75) is 303 Å². The molecule has 19 heteroatoms. The second-order valence-corrected chi connectivity index (χ2v) is 26.7. The van der Waals surface area contributed by atoms with Gasteiger partial charge in [0.1, 0.15) is 19.3 Å². The fourth-order valence-corrected chi connectivity index (χ4v) is 10.8. The van der Waals surface area contributed by atoms with Crippen LogP contribution in [-0.2, 0) is 65.4 Å². The van der Waals surface area contributed by atoms with Gasteiger partial charge in [0.25, 0.3) is 0 Å². The summed E-state index contributed by atoms with van der Waals surface area (Å²) in [5.41, 5.74) is 0. The maximum Gasteiger partial charge on any atom is 0.472 e. The van der Waals surface area contributed by atoms with Crippen LogP contribution in [0.3, 0.4) is 0 Å². The Kier molecular flexibility index (Phi) is 64.2. The summed E-state index contributed by atoms with van der Waals surface area (Å²) in [7, 11) is -9.97. The Morgan fingerprint density at radius 3 is 1.00 bits per heavy atom. The summed E-state index contributed by atoms with van der Waals surface area (Å²) in [4.78, 5) is 72.6. The van der Waals surface area contributed by atoms with E-state index in [-0.39, 0.29) is 25.7 Å². The maximum absolute atomic E-state index is 13.0. The second kappa shape index (κ2) is 67.3. The van der Waals surface area contributed by atoms with Crippen LogP contribution in [0.5, 0.6) is 0 Å². The predicted molar refractivity (Wildman–Crippen MR) is 381 cm³/mol. The molecule has 0 radical (unpaired) electrons. The molecule has 0 aliphatic carbocycles. The van der Waals surface area contributed by atoms with Crippen molar-refractivity contribution in [3.8, 4) is 0 Å². The van der Waals surface area contributed by atoms with Crippen molar-refractivity contribution >= 4 is 39.5 Å². The molecule has 0 spiro atoms. The lowest BCUT2D eigenvalue weighted by Gasteiger charge is -2.21. The van der Waals surface area contributed by atoms with Gasteiger partial charge in [-0.3, -0.25) is 37.3 Å². The SMILES string of the molecule is CC/C=C\C/C=C\C/C=C\C/C=C\C/C=C\CC(=O)OCC(COP(=O)(O)OCC(O)COP(=O)(O)OCC(COC(=O)CCCCCCC/C=C\C/C=C\CCC)OC(=O)CCCCCCC/C=C\CCCCCC)OC(=O)CCCCCCC/C=C\CCCCCC. The van der Waals surface area contributed by atoms with E-state index in [1.165, 1.54) is 51.4 Å². The fourth-order valence-electron chi connectivity index (χ4n) is 9.20. The number of allylic oxidation sites excluding steroid dienone is 17. The first-order valence-corrected chi connectivity index (χ1v) is 39.1. The molecule has 5 unspecified atom stereocenters. The van der Waals surface area contributed by atoms with Gasteiger partial charge in [0.05, 0.1) is 32.8 Å². The molecule has 94 heavy (non-hydrogen) atoms. The molecule has 540 valence electrons. The highest BCUT2D eigenvalue weighted by Crippen LogP contribution is 2.45. The van der Waals surface area contributed by atoms with Crippen molar-refractivity contribution in [2.24, 2.45) is 0 Å². The quantitative estimate of drug-likeness (QED) is 0.0169. The van der Waals surface area contributed by atoms with Crippen LogP contribution in [0.1, 0.15) is 285 Å². The third-order valence-electron chi connectivity index (χ3n) is 14.7. The molecule has 0 aromatic carbocycles. The molecule has 17 nitrogen and oxygen atoms in total. The molecule has 3 N–H and O–H groups in total. The van der Waals surface area contributed by atoms with Gasteiger partial charge in [0, 0.05) is 19.3 Å². The van der Waals surface area contributed by atoms with Gasteiger partial charge in [-0.05, 0) is 128 Å². The monoisotopic (exact) mass is 1360 g/mol. The smallest absolute Gasteiger partial charge is 0.462 e. The van der Waals surface area contributed by atoms with Gasteiger partial charge in [-0.15, -0.1) is 0 Å². The lowest BCUT2D eigenvalue weighted by Crippen LogP contribution is -2.30. The number of rotatable bonds is 67. The van der Waals surface area contributed by atoms with E-state index < -0.39 is 97.5 Å². The molecule has 0 aromatic heterocycles. The molecule has 0 aliphatic heterocycles. The Hall–Kier alpha value is -4.28. The van der Waals surface area contributed by atoms with Crippen molar-refractivity contribution in [1.82, 2.24) is 0 Å². The Labute approximate surface area is 569 Å². The Balaban J connectivity index is 5.42. The summed E-state index contributed by atoms with van der Waals surface area (Å²) in [6.07, 6.45) is 69.8. The normalized spacial score (nSPS) is 14.7. The predicted octanol–water partition coefficient (Wildman–Crippen LogP) is 20.2. The van der Waals surface area contributed by atoms with Gasteiger partial charge in [-0.1, -0.05) is 240 Å². The number of aliphatic hydroxyl groups is 1. The lowest BCUT2D eigenvalue weighted by atomic mass is 10.1. The van der Waals surface area contributed by atoms with Crippen molar-refractivity contribution in [2.75, 3.05) is 39.6 Å². The van der Waals surface area contributed by atoms with Crippen LogP contribution in [0.4, 0.5) is 0 Å². The van der Waals surface area contributed by atoms with Gasteiger partial charge in [0.15, 0.2) is 12.2 Å². The van der Waals surface area contributed by atoms with Crippen molar-refractivity contribution in [1.29, 1.82) is 0 Å². The van der Waals surface area contributed by atoms with E-state index in [1.54, 1.807) is 6.08 Å². The number of esters is 4. The third kappa shape index (κ3) is 66.3. The van der Waals surface area contributed by atoms with Crippen molar-refractivity contribution in [3.05, 3.63) is 109 Å². The van der Waals surface area contributed by atoms with E-state index in [1.807, 2.05) is 18.2 Å². The number of hydrogen-bond acceptors (Lipinski definition) is 15. The van der Waals surface area contributed by atoms with E-state index in [9.17, 15) is 43.2 Å². The summed E-state index contributed by atoms with van der Waals surface area (Å²) in [6.45, 7) is 4.50. The Morgan fingerprint density at radius 1 is 0.319 bits per heavy atom. The minimum atomic E-state index is -4.99. The van der Waals surface area contributed by atoms with Crippen LogP contribution < -0.4 is 0 Å². The molecule has 0 heterocycles. The van der Waals surface area contributed by atoms with Crippen LogP contribution in [-0.4, -0.2) is 96.7 Å². The standard InChI is InChI=1S/C75H128O17P2/c1-5-9-13-17-21-25-29-33-34-38-40-44-48-52-56-60-73(78)86-66-71(92-75(80)62-58-54-50-46-42-37-32-28-24-20-16-12-8-4)68-90-94(83,84)88-64-69(76)63-87-93(81,82)89-67-70(91-74(79)61-57-53-49-45-41-36-31-27-23-19-15-11-7-3)65-85-72(77)59-55-51-47-43-39-35-30-26-22-18-14-10-6-2/h9,13-14,18,21,25-28,30-34,40,44,52,56,69-71,76H,5-8,10-12,15-17,19-20,22-24,29,35-39,41-43,45-51,53-55,57-68H2,1-4H3,(H,81,82)(H,83,84)/b13-9-,18-14-,25-21-,30-26-,31-27-,32-28-,34-33-,44-40-,56-52-. The zero-order valence-electron chi connectivity index (χ0n) is 58.6. The highest BCUT2D eigenvalue weighted by molar-refractivity contribution is 7.47. The fraction of sp³-hybridized carbons (Fsp3) is 0.707. The Morgan fingerprint density at radius 2 is 0.617 bits per heavy atom. The van der Waals surface area contributed by atoms with Crippen molar-refractivity contribution in [3.63, 3.8) is 0 Å². The first kappa shape index (κ1) is 89.7. The first-order chi connectivity index (χ1) is 45.7. The van der Waals surface area contributed by atoms with Crippen LogP contribution in [0.25, 0.3) is 0 Å². The van der Waals surface area contributed by atoms with E-state index in [4.69, 9.17) is 37.0 Å². The van der Waals surface area contributed by atoms with E-state index in [2.05, 4.69) is 113 Å². The zero-order chi connectivity index (χ0) is 69.0. The highest BCUT2D eigenvalue weighted by atomic mass is 31.2. The summed E-state index contributed by atoms with van der Waals surface area (Å²) >= 11 is 0. The Bertz CT molecular complexity index is 2220. The molecule has 0 aliphatic rings. The average Bonchev–Trinajstić information content (AvgIpc) is 1.67. The summed E-state index contributed by atoms with van der Waals surface area (Å²) in [5, 5.41) is 10.6. The van der Waals surface area contributed by atoms with Crippen LogP contribution >= 0.6 is 15.6 Å². The largest absolute Gasteiger partial charge is 0.472 e. The van der Waals surface area contributed by atoms with Gasteiger partial charge >= 0.3 is 39.5 Å². The number of carbonyl (C=O) groups excluding carboxylic acids is 4. The number of hydrogen-bond donors (Lipinski definition) is 3. The van der Waals surface area contributed by atoms with E-state index in [0.29, 0.717) is 25.7 Å². The molecule has 0 aromatic rings. The van der Waals surface area contributed by atoms with Crippen LogP contribution in [0, 0.1) is 0 Å². The zero-order valence-corrected chi connectivity index (χ0v) is 60.4. The maximum atomic E-state index is 13.0. The summed E-state index contributed by atoms with van der Waals surface area (Å²) in [6, 6.07) is 0. The molecule has 0 saturated carbocycles. The second-order valence-electron chi connectivity index (χ2n) is 23.8. The topological polar surface area (TPSA) is 237 Å². The molecule has 0 amide bonds. The molecule has 0 bridgehead atoms. The number of ether oxygens (including phenoxy) is 4. The molecule has 0 saturated heterocycles. The number of aliphatic hydroxyl groups excluding tert-OH is 1. The minimum Gasteiger partial charge on any atom is -0.462 e. The molecule has 0 rings (SSSR count). The number of phosphoric acid groups is 2. The minimum absolute atomic E-state index is 0.0640. The summed E-state index contributed by atoms with van der Waals surface area (Å²) < 4.78 is 68.1. The van der Waals surface area contributed by atoms with E-state index >= 15 is 0 Å². The number of unbranched alkanes of at least 4 members (excludes halogenated alkanes) is 24. The van der Waals surface area contributed by atoms with Gasteiger partial charge in [0.2, 0.25) is 0 Å². The van der Waals surface area contributed by atoms with Crippen molar-refractivity contribution < 1.29 is 80.2 Å². The average molecular weight is 1360 g/mol.